The third-order valence-corrected chi connectivity index (χ3v) is 1.60. The molecule has 0 saturated carbocycles. The van der Waals surface area contributed by atoms with E-state index in [1.54, 1.807) is 6.33 Å². The fraction of sp³-hybridized carbons (Fsp3) is 0.400. The first-order valence-electron chi connectivity index (χ1n) is 4.26. The Morgan fingerprint density at radius 1 is 1.38 bits per heavy atom. The van der Waals surface area contributed by atoms with Crippen molar-refractivity contribution in [2.45, 2.75) is 20.8 Å². The quantitative estimate of drug-likeness (QED) is 0.693. The van der Waals surface area contributed by atoms with Gasteiger partial charge in [0.25, 0.3) is 0 Å². The molecule has 0 aliphatic heterocycles. The van der Waals surface area contributed by atoms with Gasteiger partial charge in [-0.05, 0) is 20.8 Å². The highest BCUT2D eigenvalue weighted by molar-refractivity contribution is 5.41. The maximum absolute atomic E-state index is 4.16. The van der Waals surface area contributed by atoms with Crippen molar-refractivity contribution in [3.8, 4) is 0 Å². The summed E-state index contributed by atoms with van der Waals surface area (Å²) in [6, 6.07) is 1.96. The van der Waals surface area contributed by atoms with E-state index >= 15 is 0 Å². The first kappa shape index (κ1) is 9.71. The van der Waals surface area contributed by atoms with Gasteiger partial charge >= 0.3 is 0 Å². The predicted octanol–water partition coefficient (Wildman–Crippen LogP) is 2.14. The van der Waals surface area contributed by atoms with Crippen LogP contribution in [0.4, 0.5) is 5.82 Å². The van der Waals surface area contributed by atoms with E-state index < -0.39 is 0 Å². The number of aryl methyl sites for hydroxylation is 1. The molecule has 0 aliphatic carbocycles. The molecule has 70 valence electrons. The van der Waals surface area contributed by atoms with Crippen LogP contribution in [0.1, 0.15) is 19.5 Å². The second kappa shape index (κ2) is 4.03. The first-order chi connectivity index (χ1) is 6.09. The molecule has 0 unspecified atom stereocenters. The fourth-order valence-corrected chi connectivity index (χ4v) is 1.09. The van der Waals surface area contributed by atoms with Gasteiger partial charge in [-0.3, -0.25) is 0 Å². The predicted molar refractivity (Wildman–Crippen MR) is 54.6 cm³/mol. The van der Waals surface area contributed by atoms with Crippen molar-refractivity contribution in [3.05, 3.63) is 29.9 Å². The van der Waals surface area contributed by atoms with E-state index in [4.69, 9.17) is 0 Å². The molecule has 3 nitrogen and oxygen atoms in total. The van der Waals surface area contributed by atoms with Crippen molar-refractivity contribution in [3.63, 3.8) is 0 Å². The lowest BCUT2D eigenvalue weighted by atomic mass is 10.3. The number of hydrogen-bond acceptors (Lipinski definition) is 3. The third-order valence-electron chi connectivity index (χ3n) is 1.60. The molecule has 0 aromatic carbocycles. The summed E-state index contributed by atoms with van der Waals surface area (Å²) in [5, 5.41) is 0. The molecule has 0 aliphatic rings. The largest absolute Gasteiger partial charge is 0.336 e. The number of rotatable bonds is 2. The van der Waals surface area contributed by atoms with Crippen molar-refractivity contribution in [1.82, 2.24) is 9.97 Å². The monoisotopic (exact) mass is 177 g/mol. The van der Waals surface area contributed by atoms with Crippen LogP contribution in [-0.4, -0.2) is 17.0 Å². The molecule has 3 heteroatoms. The van der Waals surface area contributed by atoms with Gasteiger partial charge in [-0.2, -0.15) is 0 Å². The van der Waals surface area contributed by atoms with E-state index in [2.05, 4.69) is 23.8 Å². The molecule has 1 aromatic heterocycles. The van der Waals surface area contributed by atoms with E-state index in [1.165, 1.54) is 5.57 Å². The summed E-state index contributed by atoms with van der Waals surface area (Å²) >= 11 is 0. The topological polar surface area (TPSA) is 29.0 Å². The van der Waals surface area contributed by atoms with E-state index in [0.717, 1.165) is 11.5 Å². The summed E-state index contributed by atoms with van der Waals surface area (Å²) in [5.41, 5.74) is 2.23. The molecule has 0 radical (unpaired) electrons. The molecule has 1 heterocycles. The summed E-state index contributed by atoms with van der Waals surface area (Å²) in [5.74, 6) is 0.925. The van der Waals surface area contributed by atoms with Crippen LogP contribution >= 0.6 is 0 Å². The van der Waals surface area contributed by atoms with Gasteiger partial charge in [0.1, 0.15) is 12.1 Å². The molecule has 0 fully saturated rings. The number of hydrogen-bond donors (Lipinski definition) is 0. The van der Waals surface area contributed by atoms with Crippen LogP contribution in [-0.2, 0) is 0 Å². The number of anilines is 1. The summed E-state index contributed by atoms with van der Waals surface area (Å²) in [6.45, 7) is 6.08. The van der Waals surface area contributed by atoms with Crippen LogP contribution in [0.5, 0.6) is 0 Å². The van der Waals surface area contributed by atoms with Gasteiger partial charge in [-0.25, -0.2) is 9.97 Å². The second-order valence-electron chi connectivity index (χ2n) is 3.33. The van der Waals surface area contributed by atoms with Crippen molar-refractivity contribution < 1.29 is 0 Å². The Hall–Kier alpha value is -1.38. The van der Waals surface area contributed by atoms with E-state index in [-0.39, 0.29) is 0 Å². The first-order valence-corrected chi connectivity index (χ1v) is 4.26. The van der Waals surface area contributed by atoms with Crippen LogP contribution < -0.4 is 4.90 Å². The van der Waals surface area contributed by atoms with Crippen molar-refractivity contribution in [1.29, 1.82) is 0 Å². The molecular weight excluding hydrogens is 162 g/mol. The lowest BCUT2D eigenvalue weighted by Crippen LogP contribution is -2.10. The minimum Gasteiger partial charge on any atom is -0.336 e. The van der Waals surface area contributed by atoms with E-state index in [1.807, 2.05) is 31.1 Å². The number of aromatic nitrogens is 2. The van der Waals surface area contributed by atoms with Gasteiger partial charge < -0.3 is 4.90 Å². The van der Waals surface area contributed by atoms with Gasteiger partial charge in [0.2, 0.25) is 0 Å². The molecule has 0 bridgehead atoms. The Balaban J connectivity index is 2.89. The summed E-state index contributed by atoms with van der Waals surface area (Å²) in [7, 11) is 1.98. The van der Waals surface area contributed by atoms with E-state index in [9.17, 15) is 0 Å². The molecule has 1 aromatic rings. The van der Waals surface area contributed by atoms with Crippen molar-refractivity contribution in [2.24, 2.45) is 0 Å². The number of nitrogens with zero attached hydrogens (tertiary/aromatic N) is 3. The van der Waals surface area contributed by atoms with Crippen molar-refractivity contribution in [2.75, 3.05) is 11.9 Å². The Morgan fingerprint density at radius 2 is 2.08 bits per heavy atom. The molecule has 0 amide bonds. The number of allylic oxidation sites excluding steroid dienone is 1. The van der Waals surface area contributed by atoms with Crippen LogP contribution in [0.15, 0.2) is 24.2 Å². The minimum absolute atomic E-state index is 0.925. The van der Waals surface area contributed by atoms with Gasteiger partial charge in [0, 0.05) is 25.0 Å². The van der Waals surface area contributed by atoms with E-state index in [0.29, 0.717) is 0 Å². The standard InChI is InChI=1S/C10H15N3/c1-8(2)6-13(4)10-5-9(3)11-7-12-10/h5-7H,1-4H3. The highest BCUT2D eigenvalue weighted by Gasteiger charge is 1.98. The third kappa shape index (κ3) is 2.86. The average Bonchev–Trinajstić information content (AvgIpc) is 2.03. The Kier molecular flexibility index (Phi) is 3.01. The minimum atomic E-state index is 0.925. The van der Waals surface area contributed by atoms with Gasteiger partial charge in [-0.15, -0.1) is 0 Å². The molecule has 13 heavy (non-hydrogen) atoms. The average molecular weight is 177 g/mol. The Labute approximate surface area is 79.1 Å². The molecule has 0 atom stereocenters. The maximum Gasteiger partial charge on any atom is 0.135 e. The van der Waals surface area contributed by atoms with Crippen molar-refractivity contribution >= 4 is 5.82 Å². The van der Waals surface area contributed by atoms with Crippen LogP contribution in [0.25, 0.3) is 0 Å². The molecule has 0 spiro atoms. The summed E-state index contributed by atoms with van der Waals surface area (Å²) in [4.78, 5) is 10.2. The zero-order chi connectivity index (χ0) is 9.84. The molecule has 1 rings (SSSR count). The lowest BCUT2D eigenvalue weighted by Gasteiger charge is -2.13. The Bertz CT molecular complexity index is 314. The summed E-state index contributed by atoms with van der Waals surface area (Å²) in [6.07, 6.45) is 3.63. The van der Waals surface area contributed by atoms with Gasteiger partial charge in [-0.1, -0.05) is 5.57 Å². The van der Waals surface area contributed by atoms with Crippen LogP contribution in [0.2, 0.25) is 0 Å². The SMILES string of the molecule is CC(C)=CN(C)c1cc(C)ncn1. The van der Waals surface area contributed by atoms with Crippen LogP contribution in [0.3, 0.4) is 0 Å². The lowest BCUT2D eigenvalue weighted by molar-refractivity contribution is 1.03. The molecule has 0 saturated heterocycles. The van der Waals surface area contributed by atoms with Gasteiger partial charge in [0.15, 0.2) is 0 Å². The zero-order valence-corrected chi connectivity index (χ0v) is 8.57. The normalized spacial score (nSPS) is 9.54. The van der Waals surface area contributed by atoms with Gasteiger partial charge in [0.05, 0.1) is 0 Å². The highest BCUT2D eigenvalue weighted by atomic mass is 15.2. The smallest absolute Gasteiger partial charge is 0.135 e. The second-order valence-corrected chi connectivity index (χ2v) is 3.33. The molecular formula is C10H15N3. The maximum atomic E-state index is 4.16. The van der Waals surface area contributed by atoms with Crippen LogP contribution in [0, 0.1) is 6.92 Å². The fourth-order valence-electron chi connectivity index (χ4n) is 1.09. The molecule has 0 N–H and O–H groups in total. The Morgan fingerprint density at radius 3 is 2.62 bits per heavy atom. The summed E-state index contributed by atoms with van der Waals surface area (Å²) < 4.78 is 0. The highest BCUT2D eigenvalue weighted by Crippen LogP contribution is 2.09. The zero-order valence-electron chi connectivity index (χ0n) is 8.57.